The second-order valence-electron chi connectivity index (χ2n) is 6.06. The third-order valence-electron chi connectivity index (χ3n) is 4.58. The smallest absolute Gasteiger partial charge is 0.168 e. The number of hydrogen-bond acceptors (Lipinski definition) is 5. The molecule has 1 atom stereocenters. The molecular weight excluding hydrogens is 266 g/mol. The standard InChI is InChI=1S/C13H23NO4S/c15-19(16)8-3-11(10-19)9-14-12-1-4-13(5-2-12)17-6-7-18-13/h11-12,14H,1-10H2. The zero-order chi connectivity index (χ0) is 13.3. The molecule has 19 heavy (non-hydrogen) atoms. The summed E-state index contributed by atoms with van der Waals surface area (Å²) in [5.41, 5.74) is 0. The molecule has 1 N–H and O–H groups in total. The second kappa shape index (κ2) is 5.31. The number of hydrogen-bond donors (Lipinski definition) is 1. The Bertz CT molecular complexity index is 406. The van der Waals surface area contributed by atoms with E-state index in [0.29, 0.717) is 23.5 Å². The van der Waals surface area contributed by atoms with Crippen LogP contribution in [0.5, 0.6) is 0 Å². The van der Waals surface area contributed by atoms with E-state index in [9.17, 15) is 8.42 Å². The lowest BCUT2D eigenvalue weighted by Crippen LogP contribution is -2.43. The molecule has 2 heterocycles. The Balaban J connectivity index is 1.41. The van der Waals surface area contributed by atoms with Crippen molar-refractivity contribution in [3.63, 3.8) is 0 Å². The van der Waals surface area contributed by atoms with Gasteiger partial charge in [-0.15, -0.1) is 0 Å². The highest BCUT2D eigenvalue weighted by atomic mass is 32.2. The Kier molecular flexibility index (Phi) is 3.86. The quantitative estimate of drug-likeness (QED) is 0.828. The van der Waals surface area contributed by atoms with Crippen LogP contribution >= 0.6 is 0 Å². The van der Waals surface area contributed by atoms with Gasteiger partial charge in [0.1, 0.15) is 0 Å². The molecule has 0 radical (unpaired) electrons. The maximum atomic E-state index is 11.4. The lowest BCUT2D eigenvalue weighted by molar-refractivity contribution is -0.179. The topological polar surface area (TPSA) is 64.6 Å². The first-order valence-electron chi connectivity index (χ1n) is 7.29. The highest BCUT2D eigenvalue weighted by Crippen LogP contribution is 2.35. The zero-order valence-electron chi connectivity index (χ0n) is 11.3. The minimum absolute atomic E-state index is 0.297. The van der Waals surface area contributed by atoms with E-state index in [1.54, 1.807) is 0 Å². The molecule has 5 nitrogen and oxygen atoms in total. The van der Waals surface area contributed by atoms with Gasteiger partial charge in [0.25, 0.3) is 0 Å². The van der Waals surface area contributed by atoms with Gasteiger partial charge in [-0.25, -0.2) is 8.42 Å². The van der Waals surface area contributed by atoms with Gasteiger partial charge in [-0.2, -0.15) is 0 Å². The summed E-state index contributed by atoms with van der Waals surface area (Å²) in [6, 6.07) is 0.488. The van der Waals surface area contributed by atoms with Crippen LogP contribution in [0.4, 0.5) is 0 Å². The first-order chi connectivity index (χ1) is 9.07. The Morgan fingerprint density at radius 3 is 2.37 bits per heavy atom. The number of nitrogens with one attached hydrogen (secondary N) is 1. The van der Waals surface area contributed by atoms with Crippen molar-refractivity contribution in [2.45, 2.75) is 43.9 Å². The van der Waals surface area contributed by atoms with E-state index in [2.05, 4.69) is 5.32 Å². The SMILES string of the molecule is O=S1(=O)CCC(CNC2CCC3(CC2)OCCO3)C1. The summed E-state index contributed by atoms with van der Waals surface area (Å²) in [4.78, 5) is 0. The van der Waals surface area contributed by atoms with Gasteiger partial charge < -0.3 is 14.8 Å². The van der Waals surface area contributed by atoms with Crippen molar-refractivity contribution in [2.75, 3.05) is 31.3 Å². The third-order valence-corrected chi connectivity index (χ3v) is 6.42. The van der Waals surface area contributed by atoms with Crippen LogP contribution in [-0.2, 0) is 19.3 Å². The van der Waals surface area contributed by atoms with Gasteiger partial charge in [0.05, 0.1) is 24.7 Å². The van der Waals surface area contributed by atoms with Crippen molar-refractivity contribution < 1.29 is 17.9 Å². The van der Waals surface area contributed by atoms with Gasteiger partial charge in [-0.1, -0.05) is 0 Å². The van der Waals surface area contributed by atoms with Gasteiger partial charge in [0.15, 0.2) is 15.6 Å². The summed E-state index contributed by atoms with van der Waals surface area (Å²) in [6.07, 6.45) is 4.83. The molecule has 0 aromatic rings. The molecule has 3 rings (SSSR count). The average Bonchev–Trinajstić information content (AvgIpc) is 2.96. The van der Waals surface area contributed by atoms with E-state index in [1.807, 2.05) is 0 Å². The van der Waals surface area contributed by atoms with Crippen LogP contribution in [0, 0.1) is 5.92 Å². The van der Waals surface area contributed by atoms with Crippen LogP contribution in [0.15, 0.2) is 0 Å². The summed E-state index contributed by atoms with van der Waals surface area (Å²) in [5.74, 6) is 0.742. The Morgan fingerprint density at radius 1 is 1.11 bits per heavy atom. The Morgan fingerprint density at radius 2 is 1.79 bits per heavy atom. The van der Waals surface area contributed by atoms with Gasteiger partial charge >= 0.3 is 0 Å². The molecule has 2 aliphatic heterocycles. The second-order valence-corrected chi connectivity index (χ2v) is 8.29. The van der Waals surface area contributed by atoms with Crippen molar-refractivity contribution in [1.82, 2.24) is 5.32 Å². The molecule has 1 aliphatic carbocycles. The average molecular weight is 289 g/mol. The van der Waals surface area contributed by atoms with E-state index in [-0.39, 0.29) is 5.79 Å². The molecule has 1 saturated carbocycles. The van der Waals surface area contributed by atoms with Crippen molar-refractivity contribution in [3.05, 3.63) is 0 Å². The number of ether oxygens (including phenoxy) is 2. The van der Waals surface area contributed by atoms with Crippen LogP contribution < -0.4 is 5.32 Å². The molecule has 0 amide bonds. The molecule has 1 unspecified atom stereocenters. The fraction of sp³-hybridized carbons (Fsp3) is 1.00. The Hall–Kier alpha value is -0.170. The summed E-state index contributed by atoms with van der Waals surface area (Å²) in [6.45, 7) is 2.27. The molecule has 0 bridgehead atoms. The van der Waals surface area contributed by atoms with Gasteiger partial charge in [-0.3, -0.25) is 0 Å². The van der Waals surface area contributed by atoms with E-state index in [4.69, 9.17) is 9.47 Å². The molecule has 6 heteroatoms. The summed E-state index contributed by atoms with van der Waals surface area (Å²) < 4.78 is 34.2. The molecule has 3 fully saturated rings. The molecule has 110 valence electrons. The van der Waals surface area contributed by atoms with E-state index < -0.39 is 9.84 Å². The summed E-state index contributed by atoms with van der Waals surface area (Å²) in [5, 5.41) is 3.53. The van der Waals surface area contributed by atoms with Crippen LogP contribution in [0.1, 0.15) is 32.1 Å². The lowest BCUT2D eigenvalue weighted by Gasteiger charge is -2.36. The maximum Gasteiger partial charge on any atom is 0.168 e. The number of sulfone groups is 1. The highest BCUT2D eigenvalue weighted by molar-refractivity contribution is 7.91. The minimum atomic E-state index is -2.75. The fourth-order valence-corrected chi connectivity index (χ4v) is 5.28. The van der Waals surface area contributed by atoms with Crippen molar-refractivity contribution >= 4 is 9.84 Å². The minimum Gasteiger partial charge on any atom is -0.348 e. The molecule has 1 spiro atoms. The van der Waals surface area contributed by atoms with E-state index >= 15 is 0 Å². The predicted octanol–water partition coefficient (Wildman–Crippen LogP) is 0.696. The zero-order valence-corrected chi connectivity index (χ0v) is 12.1. The van der Waals surface area contributed by atoms with Crippen LogP contribution in [0.2, 0.25) is 0 Å². The molecule has 0 aromatic carbocycles. The first-order valence-corrected chi connectivity index (χ1v) is 9.11. The van der Waals surface area contributed by atoms with Crippen molar-refractivity contribution in [1.29, 1.82) is 0 Å². The lowest BCUT2D eigenvalue weighted by atomic mass is 9.89. The number of rotatable bonds is 3. The van der Waals surface area contributed by atoms with Crippen molar-refractivity contribution in [3.8, 4) is 0 Å². The van der Waals surface area contributed by atoms with Gasteiger partial charge in [0.2, 0.25) is 0 Å². The van der Waals surface area contributed by atoms with Crippen LogP contribution in [0.3, 0.4) is 0 Å². The molecule has 2 saturated heterocycles. The van der Waals surface area contributed by atoms with Gasteiger partial charge in [-0.05, 0) is 31.7 Å². The summed E-state index contributed by atoms with van der Waals surface area (Å²) >= 11 is 0. The normalized spacial score (nSPS) is 34.0. The van der Waals surface area contributed by atoms with Crippen LogP contribution in [-0.4, -0.2) is 51.5 Å². The molecule has 3 aliphatic rings. The predicted molar refractivity (Wildman–Crippen MR) is 71.7 cm³/mol. The van der Waals surface area contributed by atoms with E-state index in [1.165, 1.54) is 0 Å². The maximum absolute atomic E-state index is 11.4. The van der Waals surface area contributed by atoms with Crippen LogP contribution in [0.25, 0.3) is 0 Å². The van der Waals surface area contributed by atoms with Crippen molar-refractivity contribution in [2.24, 2.45) is 5.92 Å². The van der Waals surface area contributed by atoms with E-state index in [0.717, 1.165) is 51.9 Å². The molecule has 0 aromatic heterocycles. The fourth-order valence-electron chi connectivity index (χ4n) is 3.41. The summed E-state index contributed by atoms with van der Waals surface area (Å²) in [7, 11) is -2.75. The largest absolute Gasteiger partial charge is 0.348 e. The first kappa shape index (κ1) is 13.8. The van der Waals surface area contributed by atoms with Gasteiger partial charge in [0, 0.05) is 18.9 Å². The highest BCUT2D eigenvalue weighted by Gasteiger charge is 2.40. The molecular formula is C13H23NO4S. The third kappa shape index (κ3) is 3.29. The monoisotopic (exact) mass is 289 g/mol. The Labute approximate surface area is 115 Å².